The summed E-state index contributed by atoms with van der Waals surface area (Å²) in [6.07, 6.45) is 3.27. The van der Waals surface area contributed by atoms with Crippen molar-refractivity contribution in [3.05, 3.63) is 112 Å². The molecule has 0 aromatic heterocycles. The molecule has 36 heavy (non-hydrogen) atoms. The summed E-state index contributed by atoms with van der Waals surface area (Å²) in [5.74, 6) is 1.01. The van der Waals surface area contributed by atoms with Crippen molar-refractivity contribution in [1.29, 1.82) is 0 Å². The van der Waals surface area contributed by atoms with Crippen LogP contribution in [0.2, 0.25) is 0 Å². The molecule has 2 aromatic rings. The number of fused-ring (bicyclic) bond motifs is 1. The molecular formula is C30H39N3O3. The van der Waals surface area contributed by atoms with Crippen LogP contribution in [0.25, 0.3) is 11.1 Å². The summed E-state index contributed by atoms with van der Waals surface area (Å²) in [5, 5.41) is 14.1. The van der Waals surface area contributed by atoms with Gasteiger partial charge in [0, 0.05) is 45.7 Å². The van der Waals surface area contributed by atoms with Gasteiger partial charge in [0.1, 0.15) is 12.4 Å². The van der Waals surface area contributed by atoms with Crippen LogP contribution < -0.4 is 10.1 Å². The van der Waals surface area contributed by atoms with Gasteiger partial charge in [-0.3, -0.25) is 15.0 Å². The molecule has 0 spiro atoms. The summed E-state index contributed by atoms with van der Waals surface area (Å²) in [5.41, 5.74) is 5.83. The minimum absolute atomic E-state index is 0.0957. The number of rotatable bonds is 7. The van der Waals surface area contributed by atoms with Crippen molar-refractivity contribution in [3.63, 3.8) is 0 Å². The average molecular weight is 490 g/mol. The van der Waals surface area contributed by atoms with Gasteiger partial charge in [0.15, 0.2) is 0 Å². The van der Waals surface area contributed by atoms with Crippen LogP contribution in [0.1, 0.15) is 37.5 Å². The third kappa shape index (κ3) is 7.77. The first kappa shape index (κ1) is 28.8. The second-order valence-electron chi connectivity index (χ2n) is 8.30. The highest BCUT2D eigenvalue weighted by Gasteiger charge is 2.22. The number of nitro groups is 1. The van der Waals surface area contributed by atoms with Gasteiger partial charge in [0.2, 0.25) is 5.70 Å². The van der Waals surface area contributed by atoms with Gasteiger partial charge in [0.25, 0.3) is 0 Å². The Morgan fingerprint density at radius 1 is 1.08 bits per heavy atom. The van der Waals surface area contributed by atoms with Gasteiger partial charge in [-0.2, -0.15) is 0 Å². The zero-order valence-electron chi connectivity index (χ0n) is 22.0. The van der Waals surface area contributed by atoms with Gasteiger partial charge < -0.3 is 10.1 Å². The number of piperazine rings is 1. The first-order chi connectivity index (χ1) is 17.4. The van der Waals surface area contributed by atoms with E-state index in [4.69, 9.17) is 4.74 Å². The molecule has 1 saturated heterocycles. The molecule has 4 rings (SSSR count). The lowest BCUT2D eigenvalue weighted by Crippen LogP contribution is -2.44. The van der Waals surface area contributed by atoms with Crippen LogP contribution in [-0.2, 0) is 0 Å². The highest BCUT2D eigenvalue weighted by atomic mass is 16.6. The number of nitrogens with one attached hydrogen (secondary N) is 1. The highest BCUT2D eigenvalue weighted by molar-refractivity contribution is 6.03. The summed E-state index contributed by atoms with van der Waals surface area (Å²) in [4.78, 5) is 12.8. The molecule has 6 nitrogen and oxygen atoms in total. The van der Waals surface area contributed by atoms with E-state index in [1.165, 1.54) is 12.5 Å². The number of hydrogen-bond donors (Lipinski definition) is 1. The van der Waals surface area contributed by atoms with Crippen molar-refractivity contribution in [3.8, 4) is 5.75 Å². The third-order valence-electron chi connectivity index (χ3n) is 5.97. The smallest absolute Gasteiger partial charge is 0.243 e. The van der Waals surface area contributed by atoms with E-state index in [1.807, 2.05) is 56.3 Å². The second kappa shape index (κ2) is 14.8. The summed E-state index contributed by atoms with van der Waals surface area (Å²) >= 11 is 0. The Kier molecular flexibility index (Phi) is 11.8. The van der Waals surface area contributed by atoms with Crippen molar-refractivity contribution < 1.29 is 9.66 Å². The zero-order valence-corrected chi connectivity index (χ0v) is 22.0. The van der Waals surface area contributed by atoms with E-state index in [0.717, 1.165) is 72.9 Å². The Balaban J connectivity index is 0.000000239. The number of allylic oxidation sites excluding steroid dienone is 6. The average Bonchev–Trinajstić information content (AvgIpc) is 3.18. The molecule has 0 unspecified atom stereocenters. The van der Waals surface area contributed by atoms with Crippen molar-refractivity contribution in [1.82, 2.24) is 10.2 Å². The Labute approximate surface area is 215 Å². The number of nitrogens with zero attached hydrogens (tertiary/aromatic N) is 2. The van der Waals surface area contributed by atoms with E-state index in [9.17, 15) is 10.1 Å². The number of para-hydroxylation sites is 1. The molecule has 0 saturated carbocycles. The largest absolute Gasteiger partial charge is 0.492 e. The van der Waals surface area contributed by atoms with Gasteiger partial charge >= 0.3 is 0 Å². The molecular weight excluding hydrogens is 450 g/mol. The van der Waals surface area contributed by atoms with E-state index < -0.39 is 4.92 Å². The second-order valence-corrected chi connectivity index (χ2v) is 8.30. The molecule has 0 atom stereocenters. The number of ether oxygens (including phenoxy) is 1. The minimum atomic E-state index is -0.399. The minimum Gasteiger partial charge on any atom is -0.492 e. The maximum Gasteiger partial charge on any atom is 0.243 e. The first-order valence-corrected chi connectivity index (χ1v) is 12.5. The van der Waals surface area contributed by atoms with Crippen LogP contribution in [0.3, 0.4) is 0 Å². The maximum atomic E-state index is 10.7. The van der Waals surface area contributed by atoms with Crippen LogP contribution in [0.15, 0.2) is 85.1 Å². The SMILES string of the molecule is C=CC1=C(/C=C(\C)[N+](=O)[O-])C(=C)c2ccccc21.CC.Cc1ccccc1OCCN1CCNCC1. The zero-order chi connectivity index (χ0) is 26.5. The predicted octanol–water partition coefficient (Wildman–Crippen LogP) is 6.14. The van der Waals surface area contributed by atoms with E-state index in [-0.39, 0.29) is 5.70 Å². The monoisotopic (exact) mass is 489 g/mol. The highest BCUT2D eigenvalue weighted by Crippen LogP contribution is 2.41. The van der Waals surface area contributed by atoms with Gasteiger partial charge in [-0.15, -0.1) is 0 Å². The van der Waals surface area contributed by atoms with Crippen LogP contribution in [0.5, 0.6) is 5.75 Å². The van der Waals surface area contributed by atoms with E-state index >= 15 is 0 Å². The normalized spacial score (nSPS) is 15.2. The molecule has 1 aliphatic heterocycles. The Morgan fingerprint density at radius 2 is 1.69 bits per heavy atom. The molecule has 0 bridgehead atoms. The lowest BCUT2D eigenvalue weighted by atomic mass is 10.0. The molecule has 1 N–H and O–H groups in total. The van der Waals surface area contributed by atoms with Crippen LogP contribution in [0.4, 0.5) is 0 Å². The summed E-state index contributed by atoms with van der Waals surface area (Å²) in [6, 6.07) is 16.0. The number of hydrogen-bond acceptors (Lipinski definition) is 5. The molecule has 0 amide bonds. The molecule has 0 radical (unpaired) electrons. The number of benzene rings is 2. The maximum absolute atomic E-state index is 10.7. The van der Waals surface area contributed by atoms with Crippen molar-refractivity contribution >= 4 is 11.1 Å². The fourth-order valence-electron chi connectivity index (χ4n) is 4.02. The first-order valence-electron chi connectivity index (χ1n) is 12.5. The fraction of sp³-hybridized carbons (Fsp3) is 0.333. The Morgan fingerprint density at radius 3 is 2.31 bits per heavy atom. The Bertz CT molecular complexity index is 1110. The standard InChI is InChI=1S/C15H13NO2.C13H20N2O.C2H6/c1-4-12-14-8-6-5-7-13(14)11(3)15(12)9-10(2)16(17)18;1-12-4-2-3-5-13(12)16-11-10-15-8-6-14-7-9-15;1-2/h4-9H,1,3H2,2H3;2-5,14H,6-11H2,1H3;1-2H3/b10-9+;;. The van der Waals surface area contributed by atoms with Crippen molar-refractivity contribution in [2.75, 3.05) is 39.3 Å². The van der Waals surface area contributed by atoms with Crippen LogP contribution in [-0.4, -0.2) is 49.2 Å². The topological polar surface area (TPSA) is 67.6 Å². The predicted molar refractivity (Wildman–Crippen MR) is 151 cm³/mol. The molecule has 6 heteroatoms. The third-order valence-corrected chi connectivity index (χ3v) is 5.97. The summed E-state index contributed by atoms with van der Waals surface area (Å²) < 4.78 is 5.78. The van der Waals surface area contributed by atoms with Crippen LogP contribution >= 0.6 is 0 Å². The molecule has 1 fully saturated rings. The van der Waals surface area contributed by atoms with E-state index in [0.29, 0.717) is 0 Å². The molecule has 1 heterocycles. The van der Waals surface area contributed by atoms with Crippen molar-refractivity contribution in [2.45, 2.75) is 27.7 Å². The summed E-state index contributed by atoms with van der Waals surface area (Å²) in [6.45, 7) is 21.6. The van der Waals surface area contributed by atoms with E-state index in [1.54, 1.807) is 12.2 Å². The van der Waals surface area contributed by atoms with Gasteiger partial charge in [-0.05, 0) is 46.4 Å². The molecule has 2 aromatic carbocycles. The van der Waals surface area contributed by atoms with E-state index in [2.05, 4.69) is 36.4 Å². The van der Waals surface area contributed by atoms with Crippen LogP contribution in [0, 0.1) is 17.0 Å². The lowest BCUT2D eigenvalue weighted by molar-refractivity contribution is -0.424. The molecule has 192 valence electrons. The van der Waals surface area contributed by atoms with Crippen molar-refractivity contribution in [2.24, 2.45) is 0 Å². The molecule has 1 aliphatic carbocycles. The van der Waals surface area contributed by atoms with Gasteiger partial charge in [-0.1, -0.05) is 75.5 Å². The summed E-state index contributed by atoms with van der Waals surface area (Å²) in [7, 11) is 0. The van der Waals surface area contributed by atoms with Gasteiger partial charge in [0.05, 0.1) is 4.92 Å². The number of aryl methyl sites for hydroxylation is 1. The quantitative estimate of drug-likeness (QED) is 0.374. The Hall–Kier alpha value is -3.48. The van der Waals surface area contributed by atoms with Gasteiger partial charge in [-0.25, -0.2) is 0 Å². The molecule has 2 aliphatic rings. The fourth-order valence-corrected chi connectivity index (χ4v) is 4.02. The lowest BCUT2D eigenvalue weighted by Gasteiger charge is -2.27.